The molecule has 11 heteroatoms. The number of halogens is 6. The number of hydrogen-bond donors (Lipinski definition) is 1. The molecular formula is C22H14F6N4O. The Bertz CT molecular complexity index is 1300. The maximum absolute atomic E-state index is 13.6. The van der Waals surface area contributed by atoms with Crippen LogP contribution in [0.3, 0.4) is 0 Å². The lowest BCUT2D eigenvalue weighted by molar-refractivity contribution is -0.156. The number of aromatic nitrogens is 3. The van der Waals surface area contributed by atoms with Gasteiger partial charge in [-0.3, -0.25) is 14.2 Å². The van der Waals surface area contributed by atoms with Crippen LogP contribution >= 0.6 is 0 Å². The summed E-state index contributed by atoms with van der Waals surface area (Å²) in [5.41, 5.74) is -2.15. The van der Waals surface area contributed by atoms with Crippen LogP contribution in [0.5, 0.6) is 0 Å². The van der Waals surface area contributed by atoms with Crippen molar-refractivity contribution in [2.75, 3.05) is 0 Å². The first kappa shape index (κ1) is 22.3. The lowest BCUT2D eigenvalue weighted by Gasteiger charge is -2.20. The van der Waals surface area contributed by atoms with Crippen molar-refractivity contribution in [2.24, 2.45) is 0 Å². The molecule has 33 heavy (non-hydrogen) atoms. The zero-order chi connectivity index (χ0) is 23.8. The number of fused-ring (bicyclic) bond motifs is 1. The summed E-state index contributed by atoms with van der Waals surface area (Å²) in [5, 5.41) is 1.87. The number of pyridine rings is 2. The van der Waals surface area contributed by atoms with E-state index < -0.39 is 41.3 Å². The Balaban J connectivity index is 1.82. The number of alkyl halides is 6. The summed E-state index contributed by atoms with van der Waals surface area (Å²) in [4.78, 5) is 20.6. The second-order valence-corrected chi connectivity index (χ2v) is 6.99. The summed E-state index contributed by atoms with van der Waals surface area (Å²) in [6, 6.07) is 10.4. The summed E-state index contributed by atoms with van der Waals surface area (Å²) >= 11 is 0. The molecule has 5 nitrogen and oxygen atoms in total. The van der Waals surface area contributed by atoms with Gasteiger partial charge in [-0.1, -0.05) is 30.3 Å². The SMILES string of the molecule is O=C(NC(c1ccccn1)C(F)(F)F)c1nc(-c2ccccc2C(F)(F)F)n2ccccc12. The molecule has 1 aromatic carbocycles. The van der Waals surface area contributed by atoms with Crippen LogP contribution in [-0.2, 0) is 6.18 Å². The van der Waals surface area contributed by atoms with Gasteiger partial charge in [0.05, 0.1) is 16.8 Å². The molecule has 0 bridgehead atoms. The summed E-state index contributed by atoms with van der Waals surface area (Å²) in [7, 11) is 0. The molecule has 0 saturated carbocycles. The fourth-order valence-electron chi connectivity index (χ4n) is 3.39. The van der Waals surface area contributed by atoms with Gasteiger partial charge < -0.3 is 5.32 Å². The minimum absolute atomic E-state index is 0.0453. The van der Waals surface area contributed by atoms with Gasteiger partial charge in [-0.2, -0.15) is 26.3 Å². The van der Waals surface area contributed by atoms with Gasteiger partial charge in [-0.15, -0.1) is 0 Å². The van der Waals surface area contributed by atoms with Crippen LogP contribution in [0.15, 0.2) is 73.1 Å². The Morgan fingerprint density at radius 3 is 2.27 bits per heavy atom. The first-order chi connectivity index (χ1) is 15.6. The topological polar surface area (TPSA) is 59.3 Å². The molecule has 0 aliphatic heterocycles. The van der Waals surface area contributed by atoms with E-state index in [1.165, 1.54) is 59.1 Å². The largest absolute Gasteiger partial charge is 0.417 e. The Morgan fingerprint density at radius 2 is 1.61 bits per heavy atom. The Labute approximate surface area is 182 Å². The average Bonchev–Trinajstić information content (AvgIpc) is 3.16. The van der Waals surface area contributed by atoms with Crippen LogP contribution in [-0.4, -0.2) is 26.5 Å². The molecule has 3 heterocycles. The Hall–Kier alpha value is -3.89. The van der Waals surface area contributed by atoms with E-state index in [0.717, 1.165) is 18.3 Å². The molecule has 0 fully saturated rings. The lowest BCUT2D eigenvalue weighted by Crippen LogP contribution is -2.38. The molecule has 4 rings (SSSR count). The summed E-state index contributed by atoms with van der Waals surface area (Å²) in [6.07, 6.45) is -7.05. The molecular weight excluding hydrogens is 450 g/mol. The maximum Gasteiger partial charge on any atom is 0.417 e. The molecule has 3 aromatic heterocycles. The number of carbonyl (C=O) groups excluding carboxylic acids is 1. The molecule has 1 amide bonds. The maximum atomic E-state index is 13.6. The summed E-state index contributed by atoms with van der Waals surface area (Å²) in [6.45, 7) is 0. The number of benzene rings is 1. The van der Waals surface area contributed by atoms with E-state index in [1.807, 2.05) is 5.32 Å². The van der Waals surface area contributed by atoms with E-state index >= 15 is 0 Å². The van der Waals surface area contributed by atoms with Crippen LogP contribution in [0.4, 0.5) is 26.3 Å². The highest BCUT2D eigenvalue weighted by molar-refractivity contribution is 6.00. The first-order valence-electron chi connectivity index (χ1n) is 9.49. The molecule has 170 valence electrons. The second-order valence-electron chi connectivity index (χ2n) is 6.99. The Kier molecular flexibility index (Phi) is 5.56. The molecule has 4 aromatic rings. The number of amides is 1. The third kappa shape index (κ3) is 4.38. The van der Waals surface area contributed by atoms with E-state index in [-0.39, 0.29) is 16.9 Å². The van der Waals surface area contributed by atoms with Crippen LogP contribution < -0.4 is 5.32 Å². The minimum atomic E-state index is -4.87. The van der Waals surface area contributed by atoms with Crippen LogP contribution in [0.25, 0.3) is 16.9 Å². The predicted molar refractivity (Wildman–Crippen MR) is 106 cm³/mol. The fourth-order valence-corrected chi connectivity index (χ4v) is 3.39. The van der Waals surface area contributed by atoms with Gasteiger partial charge in [0.1, 0.15) is 5.82 Å². The van der Waals surface area contributed by atoms with Crippen molar-refractivity contribution in [1.29, 1.82) is 0 Å². The molecule has 1 unspecified atom stereocenters. The quantitative estimate of drug-likeness (QED) is 0.409. The summed E-state index contributed by atoms with van der Waals surface area (Å²) < 4.78 is 82.8. The van der Waals surface area contributed by atoms with Gasteiger partial charge in [-0.05, 0) is 30.3 Å². The van der Waals surface area contributed by atoms with E-state index in [0.29, 0.717) is 0 Å². The van der Waals surface area contributed by atoms with Crippen molar-refractivity contribution in [3.63, 3.8) is 0 Å². The van der Waals surface area contributed by atoms with Gasteiger partial charge in [0.15, 0.2) is 11.7 Å². The highest BCUT2D eigenvalue weighted by Crippen LogP contribution is 2.37. The van der Waals surface area contributed by atoms with Crippen LogP contribution in [0.1, 0.15) is 27.8 Å². The van der Waals surface area contributed by atoms with Crippen molar-refractivity contribution in [3.8, 4) is 11.4 Å². The number of carbonyl (C=O) groups is 1. The zero-order valence-corrected chi connectivity index (χ0v) is 16.5. The average molecular weight is 464 g/mol. The number of hydrogen-bond acceptors (Lipinski definition) is 3. The van der Waals surface area contributed by atoms with Gasteiger partial charge in [-0.25, -0.2) is 4.98 Å². The Morgan fingerprint density at radius 1 is 0.909 bits per heavy atom. The standard InChI is InChI=1S/C22H14F6N4O/c23-21(24,25)14-8-2-1-7-13(14)19-30-17(16-10-4-6-12-32(16)19)20(33)31-18(22(26,27)28)15-9-3-5-11-29-15/h1-12,18H,(H,31,33). The van der Waals surface area contributed by atoms with Crippen molar-refractivity contribution in [2.45, 2.75) is 18.4 Å². The third-order valence-electron chi connectivity index (χ3n) is 4.82. The zero-order valence-electron chi connectivity index (χ0n) is 16.5. The number of rotatable bonds is 4. The van der Waals surface area contributed by atoms with Crippen LogP contribution in [0, 0.1) is 0 Å². The first-order valence-corrected chi connectivity index (χ1v) is 9.49. The molecule has 0 aliphatic carbocycles. The molecule has 1 N–H and O–H groups in total. The fraction of sp³-hybridized carbons (Fsp3) is 0.136. The van der Waals surface area contributed by atoms with E-state index in [2.05, 4.69) is 9.97 Å². The minimum Gasteiger partial charge on any atom is -0.334 e. The lowest BCUT2D eigenvalue weighted by atomic mass is 10.1. The van der Waals surface area contributed by atoms with E-state index in [9.17, 15) is 31.1 Å². The van der Waals surface area contributed by atoms with Gasteiger partial charge in [0.2, 0.25) is 0 Å². The second kappa shape index (κ2) is 8.23. The van der Waals surface area contributed by atoms with Crippen molar-refractivity contribution in [3.05, 3.63) is 90.0 Å². The van der Waals surface area contributed by atoms with E-state index in [1.54, 1.807) is 0 Å². The third-order valence-corrected chi connectivity index (χ3v) is 4.82. The number of nitrogens with zero attached hydrogens (tertiary/aromatic N) is 3. The van der Waals surface area contributed by atoms with Crippen LogP contribution in [0.2, 0.25) is 0 Å². The van der Waals surface area contributed by atoms with Gasteiger partial charge in [0, 0.05) is 18.0 Å². The highest BCUT2D eigenvalue weighted by Gasteiger charge is 2.43. The van der Waals surface area contributed by atoms with E-state index in [4.69, 9.17) is 0 Å². The van der Waals surface area contributed by atoms with Crippen molar-refractivity contribution in [1.82, 2.24) is 19.7 Å². The molecule has 0 radical (unpaired) electrons. The number of nitrogens with one attached hydrogen (secondary N) is 1. The summed E-state index contributed by atoms with van der Waals surface area (Å²) in [5.74, 6) is -1.44. The predicted octanol–water partition coefficient (Wildman–Crippen LogP) is 5.45. The number of imidazole rings is 1. The smallest absolute Gasteiger partial charge is 0.334 e. The van der Waals surface area contributed by atoms with Crippen molar-refractivity contribution < 1.29 is 31.1 Å². The molecule has 0 aliphatic rings. The monoisotopic (exact) mass is 464 g/mol. The highest BCUT2D eigenvalue weighted by atomic mass is 19.4. The van der Waals surface area contributed by atoms with Gasteiger partial charge in [0.25, 0.3) is 5.91 Å². The molecule has 0 spiro atoms. The van der Waals surface area contributed by atoms with Gasteiger partial charge >= 0.3 is 12.4 Å². The molecule has 1 atom stereocenters. The van der Waals surface area contributed by atoms with Crippen molar-refractivity contribution >= 4 is 11.4 Å². The molecule has 0 saturated heterocycles. The normalized spacial score (nSPS) is 13.2.